The molecule has 1 rings (SSSR count). The zero-order valence-corrected chi connectivity index (χ0v) is 12.2. The highest BCUT2D eigenvalue weighted by Gasteiger charge is 2.32. The van der Waals surface area contributed by atoms with Gasteiger partial charge in [-0.05, 0) is 20.8 Å². The van der Waals surface area contributed by atoms with Gasteiger partial charge in [-0.2, -0.15) is 0 Å². The van der Waals surface area contributed by atoms with E-state index in [1.807, 2.05) is 6.92 Å². The van der Waals surface area contributed by atoms with Crippen LogP contribution in [0.5, 0.6) is 0 Å². The minimum absolute atomic E-state index is 0.123. The van der Waals surface area contributed by atoms with Crippen molar-refractivity contribution in [3.05, 3.63) is 0 Å². The Labute approximate surface area is 109 Å². The SMILES string of the molecule is CC1CNC(C(=O)NCC(C)(C)S(C)(=O)=O)CN1. The second-order valence-corrected chi connectivity index (χ2v) is 8.17. The molecule has 1 aliphatic rings. The van der Waals surface area contributed by atoms with Crippen LogP contribution in [-0.4, -0.2) is 57.0 Å². The molecular weight excluding hydrogens is 254 g/mol. The first-order valence-corrected chi connectivity index (χ1v) is 7.97. The lowest BCUT2D eigenvalue weighted by Gasteiger charge is -2.29. The van der Waals surface area contributed by atoms with Crippen LogP contribution >= 0.6 is 0 Å². The second-order valence-electron chi connectivity index (χ2n) is 5.52. The molecule has 1 aliphatic heterocycles. The fraction of sp³-hybridized carbons (Fsp3) is 0.909. The maximum Gasteiger partial charge on any atom is 0.238 e. The lowest BCUT2D eigenvalue weighted by Crippen LogP contribution is -2.60. The number of sulfone groups is 1. The van der Waals surface area contributed by atoms with E-state index in [2.05, 4.69) is 16.0 Å². The molecule has 18 heavy (non-hydrogen) atoms. The maximum atomic E-state index is 11.9. The van der Waals surface area contributed by atoms with Crippen molar-refractivity contribution in [2.45, 2.75) is 37.6 Å². The molecule has 0 aromatic heterocycles. The van der Waals surface area contributed by atoms with Crippen molar-refractivity contribution in [1.82, 2.24) is 16.0 Å². The molecule has 0 saturated carbocycles. The van der Waals surface area contributed by atoms with E-state index < -0.39 is 14.6 Å². The van der Waals surface area contributed by atoms with Crippen LogP contribution in [0.2, 0.25) is 0 Å². The number of hydrogen-bond acceptors (Lipinski definition) is 5. The summed E-state index contributed by atoms with van der Waals surface area (Å²) in [6.45, 7) is 6.67. The summed E-state index contributed by atoms with van der Waals surface area (Å²) in [5, 5.41) is 9.01. The van der Waals surface area contributed by atoms with E-state index in [1.165, 1.54) is 6.26 Å². The summed E-state index contributed by atoms with van der Waals surface area (Å²) >= 11 is 0. The van der Waals surface area contributed by atoms with E-state index in [0.29, 0.717) is 12.6 Å². The molecule has 3 N–H and O–H groups in total. The summed E-state index contributed by atoms with van der Waals surface area (Å²) in [7, 11) is -3.19. The number of rotatable bonds is 4. The smallest absolute Gasteiger partial charge is 0.238 e. The fourth-order valence-corrected chi connectivity index (χ4v) is 1.86. The standard InChI is InChI=1S/C11H23N3O3S/c1-8-5-13-9(6-12-8)10(15)14-7-11(2,3)18(4,16)17/h8-9,12-13H,5-7H2,1-4H3,(H,14,15). The van der Waals surface area contributed by atoms with Gasteiger partial charge < -0.3 is 16.0 Å². The lowest BCUT2D eigenvalue weighted by molar-refractivity contribution is -0.123. The Kier molecular flexibility index (Phi) is 4.74. The zero-order chi connectivity index (χ0) is 14.0. The maximum absolute atomic E-state index is 11.9. The molecule has 1 amide bonds. The largest absolute Gasteiger partial charge is 0.353 e. The molecule has 0 bridgehead atoms. The van der Waals surface area contributed by atoms with Crippen LogP contribution in [0.3, 0.4) is 0 Å². The zero-order valence-electron chi connectivity index (χ0n) is 11.4. The van der Waals surface area contributed by atoms with Crippen LogP contribution in [-0.2, 0) is 14.6 Å². The van der Waals surface area contributed by atoms with E-state index in [-0.39, 0.29) is 18.5 Å². The minimum atomic E-state index is -3.19. The van der Waals surface area contributed by atoms with Gasteiger partial charge in [-0.25, -0.2) is 8.42 Å². The molecule has 1 fully saturated rings. The molecule has 2 atom stereocenters. The summed E-state index contributed by atoms with van der Waals surface area (Å²) in [4.78, 5) is 11.9. The normalized spacial score (nSPS) is 25.8. The first-order chi connectivity index (χ1) is 8.13. The van der Waals surface area contributed by atoms with Crippen LogP contribution in [0.1, 0.15) is 20.8 Å². The first-order valence-electron chi connectivity index (χ1n) is 6.07. The van der Waals surface area contributed by atoms with Gasteiger partial charge >= 0.3 is 0 Å². The second kappa shape index (κ2) is 5.54. The molecule has 6 nitrogen and oxygen atoms in total. The topological polar surface area (TPSA) is 87.3 Å². The Morgan fingerprint density at radius 1 is 1.33 bits per heavy atom. The molecule has 1 saturated heterocycles. The molecule has 106 valence electrons. The highest BCUT2D eigenvalue weighted by molar-refractivity contribution is 7.92. The predicted molar refractivity (Wildman–Crippen MR) is 71.2 cm³/mol. The van der Waals surface area contributed by atoms with Crippen LogP contribution in [0, 0.1) is 0 Å². The first kappa shape index (κ1) is 15.4. The fourth-order valence-electron chi connectivity index (χ4n) is 1.52. The Morgan fingerprint density at radius 3 is 2.39 bits per heavy atom. The number of hydrogen-bond donors (Lipinski definition) is 3. The average molecular weight is 277 g/mol. The van der Waals surface area contributed by atoms with Gasteiger partial charge in [-0.3, -0.25) is 4.79 Å². The van der Waals surface area contributed by atoms with E-state index in [0.717, 1.165) is 6.54 Å². The minimum Gasteiger partial charge on any atom is -0.353 e. The van der Waals surface area contributed by atoms with Crippen LogP contribution < -0.4 is 16.0 Å². The van der Waals surface area contributed by atoms with E-state index in [9.17, 15) is 13.2 Å². The lowest BCUT2D eigenvalue weighted by atomic mass is 10.1. The molecule has 0 aromatic rings. The van der Waals surface area contributed by atoms with Crippen molar-refractivity contribution in [1.29, 1.82) is 0 Å². The van der Waals surface area contributed by atoms with Gasteiger partial charge in [0.2, 0.25) is 5.91 Å². The van der Waals surface area contributed by atoms with Crippen molar-refractivity contribution < 1.29 is 13.2 Å². The Morgan fingerprint density at radius 2 is 1.94 bits per heavy atom. The number of nitrogens with one attached hydrogen (secondary N) is 3. The Balaban J connectivity index is 2.47. The summed E-state index contributed by atoms with van der Waals surface area (Å²) in [5.74, 6) is -0.161. The molecule has 2 unspecified atom stereocenters. The average Bonchev–Trinajstić information content (AvgIpc) is 2.25. The summed E-state index contributed by atoms with van der Waals surface area (Å²) in [6.07, 6.45) is 1.18. The molecule has 0 spiro atoms. The summed E-state index contributed by atoms with van der Waals surface area (Å²) in [6, 6.07) is 0.0538. The molecule has 0 radical (unpaired) electrons. The van der Waals surface area contributed by atoms with Gasteiger partial charge in [0.05, 0.1) is 10.8 Å². The van der Waals surface area contributed by atoms with Crippen molar-refractivity contribution in [2.24, 2.45) is 0 Å². The van der Waals surface area contributed by atoms with Crippen LogP contribution in [0.25, 0.3) is 0 Å². The van der Waals surface area contributed by atoms with Crippen molar-refractivity contribution >= 4 is 15.7 Å². The molecule has 1 heterocycles. The third-order valence-electron chi connectivity index (χ3n) is 3.35. The number of piperazine rings is 1. The monoisotopic (exact) mass is 277 g/mol. The molecular formula is C11H23N3O3S. The Hall–Kier alpha value is -0.660. The predicted octanol–water partition coefficient (Wildman–Crippen LogP) is -1.12. The van der Waals surface area contributed by atoms with Gasteiger partial charge in [-0.15, -0.1) is 0 Å². The van der Waals surface area contributed by atoms with Crippen LogP contribution in [0.4, 0.5) is 0 Å². The number of carbonyl (C=O) groups excluding carboxylic acids is 1. The van der Waals surface area contributed by atoms with Gasteiger partial charge in [0.15, 0.2) is 9.84 Å². The van der Waals surface area contributed by atoms with E-state index in [4.69, 9.17) is 0 Å². The molecule has 7 heteroatoms. The highest BCUT2D eigenvalue weighted by atomic mass is 32.2. The van der Waals surface area contributed by atoms with Crippen molar-refractivity contribution in [3.63, 3.8) is 0 Å². The highest BCUT2D eigenvalue weighted by Crippen LogP contribution is 2.13. The Bertz CT molecular complexity index is 398. The van der Waals surface area contributed by atoms with Gasteiger partial charge in [0.1, 0.15) is 0 Å². The number of carbonyl (C=O) groups is 1. The summed E-state index contributed by atoms with van der Waals surface area (Å²) in [5.41, 5.74) is 0. The number of amides is 1. The van der Waals surface area contributed by atoms with Gasteiger partial charge in [0.25, 0.3) is 0 Å². The quantitative estimate of drug-likeness (QED) is 0.606. The van der Waals surface area contributed by atoms with Crippen molar-refractivity contribution in [2.75, 3.05) is 25.9 Å². The summed E-state index contributed by atoms with van der Waals surface area (Å²) < 4.78 is 22.1. The van der Waals surface area contributed by atoms with E-state index in [1.54, 1.807) is 13.8 Å². The van der Waals surface area contributed by atoms with Gasteiger partial charge in [-0.1, -0.05) is 0 Å². The molecule has 0 aliphatic carbocycles. The van der Waals surface area contributed by atoms with Crippen LogP contribution in [0.15, 0.2) is 0 Å². The van der Waals surface area contributed by atoms with Gasteiger partial charge in [0, 0.05) is 31.9 Å². The van der Waals surface area contributed by atoms with E-state index >= 15 is 0 Å². The third-order valence-corrected chi connectivity index (χ3v) is 5.50. The molecule has 0 aromatic carbocycles. The third kappa shape index (κ3) is 3.93. The van der Waals surface area contributed by atoms with Crippen molar-refractivity contribution in [3.8, 4) is 0 Å².